The minimum absolute atomic E-state index is 0.0922. The third-order valence-electron chi connectivity index (χ3n) is 3.09. The Bertz CT molecular complexity index is 708. The van der Waals surface area contributed by atoms with Gasteiger partial charge in [-0.25, -0.2) is 0 Å². The number of ether oxygens (including phenoxy) is 3. The molecular formula is C18H18N2O4. The molecule has 2 rings (SSSR count). The highest BCUT2D eigenvalue weighted by Gasteiger charge is 2.03. The van der Waals surface area contributed by atoms with Gasteiger partial charge in [-0.3, -0.25) is 4.79 Å². The van der Waals surface area contributed by atoms with Crippen molar-refractivity contribution in [2.24, 2.45) is 0 Å². The van der Waals surface area contributed by atoms with Gasteiger partial charge in [-0.05, 0) is 36.4 Å². The molecule has 0 saturated carbocycles. The van der Waals surface area contributed by atoms with Gasteiger partial charge in [-0.15, -0.1) is 0 Å². The van der Waals surface area contributed by atoms with Crippen LogP contribution in [0.25, 0.3) is 0 Å². The average molecular weight is 326 g/mol. The van der Waals surface area contributed by atoms with Gasteiger partial charge in [0.2, 0.25) is 0 Å². The van der Waals surface area contributed by atoms with E-state index in [4.69, 9.17) is 19.5 Å². The number of hydrogen-bond donors (Lipinski definition) is 1. The predicted octanol–water partition coefficient (Wildman–Crippen LogP) is 2.14. The van der Waals surface area contributed by atoms with Gasteiger partial charge < -0.3 is 19.5 Å². The van der Waals surface area contributed by atoms with Gasteiger partial charge >= 0.3 is 0 Å². The molecule has 0 radical (unpaired) electrons. The molecule has 24 heavy (non-hydrogen) atoms. The molecule has 0 unspecified atom stereocenters. The zero-order valence-corrected chi connectivity index (χ0v) is 13.3. The molecular weight excluding hydrogens is 308 g/mol. The maximum atomic E-state index is 11.7. The summed E-state index contributed by atoms with van der Waals surface area (Å²) in [5.41, 5.74) is 0.543. The summed E-state index contributed by atoms with van der Waals surface area (Å²) < 4.78 is 16.0. The molecule has 0 aromatic heterocycles. The molecule has 2 aromatic rings. The van der Waals surface area contributed by atoms with Gasteiger partial charge in [-0.2, -0.15) is 5.26 Å². The molecule has 0 aliphatic heterocycles. The molecule has 124 valence electrons. The molecule has 0 bridgehead atoms. The van der Waals surface area contributed by atoms with E-state index in [2.05, 4.69) is 5.32 Å². The van der Waals surface area contributed by atoms with Crippen LogP contribution in [0.15, 0.2) is 48.5 Å². The Balaban J connectivity index is 1.65. The number of nitriles is 1. The first-order valence-electron chi connectivity index (χ1n) is 7.38. The largest absolute Gasteiger partial charge is 0.497 e. The van der Waals surface area contributed by atoms with Crippen molar-refractivity contribution in [1.82, 2.24) is 5.32 Å². The van der Waals surface area contributed by atoms with Crippen LogP contribution < -0.4 is 19.5 Å². The number of benzene rings is 2. The van der Waals surface area contributed by atoms with E-state index in [0.717, 1.165) is 0 Å². The van der Waals surface area contributed by atoms with E-state index in [9.17, 15) is 4.79 Å². The van der Waals surface area contributed by atoms with Gasteiger partial charge in [0, 0.05) is 6.07 Å². The van der Waals surface area contributed by atoms with Crippen molar-refractivity contribution < 1.29 is 19.0 Å². The second kappa shape index (κ2) is 9.06. The smallest absolute Gasteiger partial charge is 0.258 e. The number of nitrogens with one attached hydrogen (secondary N) is 1. The van der Waals surface area contributed by atoms with Crippen molar-refractivity contribution in [2.75, 3.05) is 26.9 Å². The van der Waals surface area contributed by atoms with E-state index in [0.29, 0.717) is 36.0 Å². The lowest BCUT2D eigenvalue weighted by atomic mass is 10.2. The summed E-state index contributed by atoms with van der Waals surface area (Å²) in [5.74, 6) is 1.69. The summed E-state index contributed by atoms with van der Waals surface area (Å²) in [5, 5.41) is 11.4. The SMILES string of the molecule is COc1cccc(OCCNC(=O)COc2ccc(C#N)cc2)c1. The molecule has 0 heterocycles. The number of carbonyl (C=O) groups excluding carboxylic acids is 1. The lowest BCUT2D eigenvalue weighted by Crippen LogP contribution is -2.32. The zero-order valence-electron chi connectivity index (χ0n) is 13.3. The highest BCUT2D eigenvalue weighted by atomic mass is 16.5. The Kier molecular flexibility index (Phi) is 6.47. The number of methoxy groups -OCH3 is 1. The molecule has 6 heteroatoms. The number of nitrogens with zero attached hydrogens (tertiary/aromatic N) is 1. The molecule has 0 saturated heterocycles. The van der Waals surface area contributed by atoms with E-state index in [1.165, 1.54) is 0 Å². The van der Waals surface area contributed by atoms with Crippen LogP contribution in [0, 0.1) is 11.3 Å². The molecule has 0 fully saturated rings. The van der Waals surface area contributed by atoms with E-state index < -0.39 is 0 Å². The van der Waals surface area contributed by atoms with Crippen LogP contribution in [0.5, 0.6) is 17.2 Å². The minimum Gasteiger partial charge on any atom is -0.497 e. The second-order valence-corrected chi connectivity index (χ2v) is 4.80. The quantitative estimate of drug-likeness (QED) is 0.752. The maximum absolute atomic E-state index is 11.7. The fourth-order valence-electron chi connectivity index (χ4n) is 1.88. The van der Waals surface area contributed by atoms with E-state index in [-0.39, 0.29) is 12.5 Å². The Labute approximate surface area is 140 Å². The molecule has 0 aliphatic carbocycles. The minimum atomic E-state index is -0.242. The first-order chi connectivity index (χ1) is 11.7. The second-order valence-electron chi connectivity index (χ2n) is 4.80. The highest BCUT2D eigenvalue weighted by Crippen LogP contribution is 2.18. The number of hydrogen-bond acceptors (Lipinski definition) is 5. The van der Waals surface area contributed by atoms with Crippen molar-refractivity contribution in [3.63, 3.8) is 0 Å². The Morgan fingerprint density at radius 3 is 2.54 bits per heavy atom. The normalized spacial score (nSPS) is 9.67. The van der Waals surface area contributed by atoms with Crippen LogP contribution in [0.3, 0.4) is 0 Å². The van der Waals surface area contributed by atoms with Gasteiger partial charge in [0.15, 0.2) is 6.61 Å². The summed E-state index contributed by atoms with van der Waals surface area (Å²) in [4.78, 5) is 11.7. The first-order valence-corrected chi connectivity index (χ1v) is 7.38. The fourth-order valence-corrected chi connectivity index (χ4v) is 1.88. The van der Waals surface area contributed by atoms with E-state index >= 15 is 0 Å². The molecule has 6 nitrogen and oxygen atoms in total. The van der Waals surface area contributed by atoms with Crippen LogP contribution in [0.1, 0.15) is 5.56 Å². The van der Waals surface area contributed by atoms with Crippen LogP contribution in [0.2, 0.25) is 0 Å². The monoisotopic (exact) mass is 326 g/mol. The van der Waals surface area contributed by atoms with Crippen molar-refractivity contribution in [3.05, 3.63) is 54.1 Å². The molecule has 1 N–H and O–H groups in total. The Morgan fingerprint density at radius 2 is 1.83 bits per heavy atom. The zero-order chi connectivity index (χ0) is 17.2. The molecule has 0 spiro atoms. The Hall–Kier alpha value is -3.20. The van der Waals surface area contributed by atoms with E-state index in [1.807, 2.05) is 24.3 Å². The maximum Gasteiger partial charge on any atom is 0.258 e. The summed E-state index contributed by atoms with van der Waals surface area (Å²) in [7, 11) is 1.59. The van der Waals surface area contributed by atoms with Crippen molar-refractivity contribution >= 4 is 5.91 Å². The number of carbonyl (C=O) groups is 1. The topological polar surface area (TPSA) is 80.6 Å². The van der Waals surface area contributed by atoms with Crippen LogP contribution in [-0.4, -0.2) is 32.8 Å². The van der Waals surface area contributed by atoms with Gasteiger partial charge in [0.1, 0.15) is 23.9 Å². The van der Waals surface area contributed by atoms with Gasteiger partial charge in [-0.1, -0.05) is 6.07 Å². The fraction of sp³-hybridized carbons (Fsp3) is 0.222. The highest BCUT2D eigenvalue weighted by molar-refractivity contribution is 5.77. The summed E-state index contributed by atoms with van der Waals surface area (Å²) in [6, 6.07) is 15.8. The molecule has 0 atom stereocenters. The average Bonchev–Trinajstić information content (AvgIpc) is 2.64. The summed E-state index contributed by atoms with van der Waals surface area (Å²) in [6.07, 6.45) is 0. The van der Waals surface area contributed by atoms with Gasteiger partial charge in [0.25, 0.3) is 5.91 Å². The third-order valence-corrected chi connectivity index (χ3v) is 3.09. The van der Waals surface area contributed by atoms with Crippen molar-refractivity contribution in [2.45, 2.75) is 0 Å². The van der Waals surface area contributed by atoms with Crippen LogP contribution in [0.4, 0.5) is 0 Å². The molecule has 0 aliphatic rings. The standard InChI is InChI=1S/C18H18N2O4/c1-22-16-3-2-4-17(11-16)23-10-9-20-18(21)13-24-15-7-5-14(12-19)6-8-15/h2-8,11H,9-10,13H2,1H3,(H,20,21). The predicted molar refractivity (Wildman–Crippen MR) is 88.2 cm³/mol. The molecule has 2 aromatic carbocycles. The lowest BCUT2D eigenvalue weighted by molar-refractivity contribution is -0.123. The van der Waals surface area contributed by atoms with Crippen LogP contribution >= 0.6 is 0 Å². The van der Waals surface area contributed by atoms with Crippen molar-refractivity contribution in [1.29, 1.82) is 5.26 Å². The van der Waals surface area contributed by atoms with Crippen molar-refractivity contribution in [3.8, 4) is 23.3 Å². The number of amides is 1. The van der Waals surface area contributed by atoms with E-state index in [1.54, 1.807) is 37.4 Å². The number of rotatable bonds is 8. The lowest BCUT2D eigenvalue weighted by Gasteiger charge is -2.09. The third kappa shape index (κ3) is 5.54. The summed E-state index contributed by atoms with van der Waals surface area (Å²) >= 11 is 0. The van der Waals surface area contributed by atoms with Gasteiger partial charge in [0.05, 0.1) is 25.3 Å². The summed E-state index contributed by atoms with van der Waals surface area (Å²) in [6.45, 7) is 0.619. The molecule has 1 amide bonds. The van der Waals surface area contributed by atoms with Crippen LogP contribution in [-0.2, 0) is 4.79 Å². The Morgan fingerprint density at radius 1 is 1.08 bits per heavy atom. The first kappa shape index (κ1) is 17.2.